The number of aliphatic imine (C=N–C) groups is 1. The van der Waals surface area contributed by atoms with Gasteiger partial charge in [0, 0.05) is 63.8 Å². The number of thiocarbonyl (C=S) groups is 1. The highest BCUT2D eigenvalue weighted by Crippen LogP contribution is 2.64. The fourth-order valence-electron chi connectivity index (χ4n) is 13.5. The number of ether oxygens (including phenoxy) is 2. The fourth-order valence-corrected chi connectivity index (χ4v) is 13.8. The van der Waals surface area contributed by atoms with Gasteiger partial charge in [0.2, 0.25) is 11.8 Å². The van der Waals surface area contributed by atoms with Crippen molar-refractivity contribution in [2.45, 2.75) is 132 Å². The van der Waals surface area contributed by atoms with Gasteiger partial charge in [-0.05, 0) is 110 Å². The van der Waals surface area contributed by atoms with Gasteiger partial charge in [0.1, 0.15) is 5.54 Å². The lowest BCUT2D eigenvalue weighted by Crippen LogP contribution is -2.58. The summed E-state index contributed by atoms with van der Waals surface area (Å²) >= 11 is 5.61. The lowest BCUT2D eigenvalue weighted by Gasteiger charge is -2.49. The number of carboxylic acids is 1. The standard InChI is InChI=1S/C24H28F2N4O2.C24H27F2N3O2S.C2HF3O2/c1-14-9-22(7-6-19(14)32-3)12-16-4-5-17(28-2)8-18(16)24(22)20(31)30(21(27)29-24)13-15-10-23(25,26)11-15;1-14-9-22(7-6-19(14)31-3)12-16-4-5-17(27-2)8-18(16)24(22)20(30)29(21(32)28-24)13-15-10-23(25,26)11-15;3-2(4,5)1(6)7/h4-5,8,14-15,19H,6-7,9-13H2,1,3H3,(H2,27,29);4-5,8,14-15,19H,6-7,9-13H2,1,3H3,(H,28,32);(H,6,7)/t2*14-,19-,22-,24+;/m00./s1. The average molecular weight is 1020 g/mol. The summed E-state index contributed by atoms with van der Waals surface area (Å²) in [5, 5.41) is 10.8. The topological polar surface area (TPSA) is 156 Å². The van der Waals surface area contributed by atoms with Gasteiger partial charge in [-0.25, -0.2) is 37.0 Å². The molecule has 2 aliphatic heterocycles. The molecule has 4 N–H and O–H groups in total. The quantitative estimate of drug-likeness (QED) is 0.146. The molecule has 4 spiro atoms. The summed E-state index contributed by atoms with van der Waals surface area (Å²) in [5.74, 6) is -8.38. The number of aliphatic carboxylic acids is 1. The summed E-state index contributed by atoms with van der Waals surface area (Å²) in [6.07, 6.45) is 0.395. The molecule has 382 valence electrons. The number of halogens is 7. The SMILES string of the molecule is O=C(O)C(F)(F)F.[C-]#[N+]c1ccc2c(c1)[C@]1(N=C(N)N(CC3CC(F)(F)C3)C1=O)[C@]1(CC[C@H](OC)[C@@H](C)C1)C2.[C-]#[N+]c1ccc2c(c1)[C@]1(NC(=S)N(CC3CC(F)(F)C3)C1=O)[C@]1(CC[C@H](OC)[C@@H](C)C1)C2. The highest BCUT2D eigenvalue weighted by Gasteiger charge is 2.69. The molecule has 2 aromatic carbocycles. The van der Waals surface area contributed by atoms with Gasteiger partial charge in [0.15, 0.2) is 28.0 Å². The van der Waals surface area contributed by atoms with Crippen LogP contribution in [0.5, 0.6) is 0 Å². The largest absolute Gasteiger partial charge is 0.490 e. The highest BCUT2D eigenvalue weighted by molar-refractivity contribution is 7.80. The third-order valence-corrected chi connectivity index (χ3v) is 17.0. The number of benzene rings is 2. The van der Waals surface area contributed by atoms with Crippen LogP contribution < -0.4 is 11.1 Å². The van der Waals surface area contributed by atoms with E-state index < -0.39 is 45.9 Å². The Morgan fingerprint density at radius 2 is 1.25 bits per heavy atom. The smallest absolute Gasteiger partial charge is 0.475 e. The Kier molecular flexibility index (Phi) is 13.4. The van der Waals surface area contributed by atoms with Gasteiger partial charge in [0.05, 0.1) is 25.4 Å². The first-order chi connectivity index (χ1) is 33.2. The minimum Gasteiger partial charge on any atom is -0.475 e. The molecular weight excluding hydrogens is 960 g/mol. The lowest BCUT2D eigenvalue weighted by molar-refractivity contribution is -0.192. The molecule has 2 aromatic rings. The van der Waals surface area contributed by atoms with Crippen LogP contribution in [0.4, 0.5) is 42.1 Å². The number of methoxy groups -OCH3 is 2. The normalized spacial score (nSPS) is 33.3. The number of alkyl halides is 7. The molecule has 6 aliphatic carbocycles. The number of hydrogen-bond donors (Lipinski definition) is 3. The summed E-state index contributed by atoms with van der Waals surface area (Å²) in [5.41, 5.74) is 7.77. The molecule has 0 radical (unpaired) electrons. The van der Waals surface area contributed by atoms with E-state index in [0.29, 0.717) is 22.9 Å². The number of nitrogens with one attached hydrogen (secondary N) is 1. The van der Waals surface area contributed by atoms with E-state index in [2.05, 4.69) is 28.9 Å². The minimum absolute atomic E-state index is 0.104. The number of carboxylic acid groups (broad SMARTS) is 1. The van der Waals surface area contributed by atoms with Crippen LogP contribution in [-0.2, 0) is 47.8 Å². The maximum atomic E-state index is 14.2. The van der Waals surface area contributed by atoms with Crippen molar-refractivity contribution in [3.8, 4) is 0 Å². The number of amides is 2. The van der Waals surface area contributed by atoms with Crippen molar-refractivity contribution in [3.05, 3.63) is 81.5 Å². The minimum atomic E-state index is -5.08. The monoisotopic (exact) mass is 1020 g/mol. The number of nitrogens with two attached hydrogens (primary N) is 1. The third kappa shape index (κ3) is 8.70. The Bertz CT molecular complexity index is 2600. The molecule has 8 aliphatic rings. The maximum Gasteiger partial charge on any atom is 0.490 e. The first kappa shape index (κ1) is 52.0. The van der Waals surface area contributed by atoms with Crippen molar-refractivity contribution in [3.63, 3.8) is 0 Å². The lowest BCUT2D eigenvalue weighted by atomic mass is 9.59. The van der Waals surface area contributed by atoms with Crippen LogP contribution in [0.2, 0.25) is 0 Å². The molecular formula is C50H56F7N7O6S. The van der Waals surface area contributed by atoms with Crippen LogP contribution >= 0.6 is 12.2 Å². The molecule has 4 saturated carbocycles. The molecule has 5 fully saturated rings. The molecule has 0 aromatic heterocycles. The molecule has 10 rings (SSSR count). The van der Waals surface area contributed by atoms with Crippen LogP contribution in [0, 0.1) is 47.6 Å². The zero-order chi connectivity index (χ0) is 51.9. The highest BCUT2D eigenvalue weighted by atomic mass is 32.1. The molecule has 2 amide bonds. The van der Waals surface area contributed by atoms with Crippen molar-refractivity contribution in [1.29, 1.82) is 0 Å². The van der Waals surface area contributed by atoms with Gasteiger partial charge in [-0.15, -0.1) is 0 Å². The summed E-state index contributed by atoms with van der Waals surface area (Å²) in [7, 11) is 3.44. The van der Waals surface area contributed by atoms with Crippen LogP contribution in [0.3, 0.4) is 0 Å². The van der Waals surface area contributed by atoms with E-state index in [-0.39, 0.29) is 92.4 Å². The Labute approximate surface area is 412 Å². The predicted octanol–water partition coefficient (Wildman–Crippen LogP) is 9.22. The number of fused-ring (bicyclic) bond motifs is 6. The summed E-state index contributed by atoms with van der Waals surface area (Å²) < 4.78 is 96.8. The van der Waals surface area contributed by atoms with E-state index >= 15 is 0 Å². The van der Waals surface area contributed by atoms with Gasteiger partial charge < -0.3 is 25.6 Å². The van der Waals surface area contributed by atoms with Crippen molar-refractivity contribution < 1.29 is 59.7 Å². The van der Waals surface area contributed by atoms with Crippen LogP contribution in [0.25, 0.3) is 9.69 Å². The van der Waals surface area contributed by atoms with Gasteiger partial charge >= 0.3 is 12.1 Å². The van der Waals surface area contributed by atoms with Crippen LogP contribution in [-0.4, -0.2) is 101 Å². The number of rotatable bonds is 6. The van der Waals surface area contributed by atoms with Crippen molar-refractivity contribution in [1.82, 2.24) is 15.1 Å². The Hall–Kier alpha value is -5.38. The summed E-state index contributed by atoms with van der Waals surface area (Å²) in [6.45, 7) is 19.6. The number of carbonyl (C=O) groups is 3. The third-order valence-electron chi connectivity index (χ3n) is 16.7. The number of guanidine groups is 1. The number of carbonyl (C=O) groups excluding carboxylic acids is 2. The van der Waals surface area contributed by atoms with Crippen LogP contribution in [0.1, 0.15) is 100 Å². The fraction of sp³-hybridized carbons (Fsp3) is 0.620. The maximum absolute atomic E-state index is 14.2. The first-order valence-corrected chi connectivity index (χ1v) is 24.1. The Morgan fingerprint density at radius 3 is 1.72 bits per heavy atom. The van der Waals surface area contributed by atoms with Crippen molar-refractivity contribution in [2.24, 2.45) is 45.2 Å². The molecule has 0 bridgehead atoms. The zero-order valence-electron chi connectivity index (χ0n) is 39.7. The van der Waals surface area contributed by atoms with E-state index in [0.717, 1.165) is 67.2 Å². The second-order valence-corrected chi connectivity index (χ2v) is 21.5. The van der Waals surface area contributed by atoms with E-state index in [9.17, 15) is 40.3 Å². The molecule has 13 nitrogen and oxygen atoms in total. The molecule has 8 atom stereocenters. The summed E-state index contributed by atoms with van der Waals surface area (Å²) in [4.78, 5) is 52.1. The second kappa shape index (κ2) is 18.3. The molecule has 71 heavy (non-hydrogen) atoms. The Morgan fingerprint density at radius 1 is 0.803 bits per heavy atom. The molecule has 1 saturated heterocycles. The predicted molar refractivity (Wildman–Crippen MR) is 248 cm³/mol. The van der Waals surface area contributed by atoms with E-state index in [1.54, 1.807) is 32.4 Å². The zero-order valence-corrected chi connectivity index (χ0v) is 40.5. The summed E-state index contributed by atoms with van der Waals surface area (Å²) in [6, 6.07) is 11.1. The van der Waals surface area contributed by atoms with Gasteiger partial charge in [-0.1, -0.05) is 50.2 Å². The molecule has 21 heteroatoms. The van der Waals surface area contributed by atoms with E-state index in [1.807, 2.05) is 18.2 Å². The first-order valence-electron chi connectivity index (χ1n) is 23.7. The number of hydrogen-bond acceptors (Lipinski definition) is 8. The Balaban J connectivity index is 0.000000168. The van der Waals surface area contributed by atoms with Gasteiger partial charge in [-0.3, -0.25) is 19.4 Å². The van der Waals surface area contributed by atoms with Gasteiger partial charge in [0.25, 0.3) is 11.8 Å². The molecule has 2 heterocycles. The van der Waals surface area contributed by atoms with Gasteiger partial charge in [-0.2, -0.15) is 13.2 Å². The van der Waals surface area contributed by atoms with E-state index in [4.69, 9.17) is 55.5 Å². The van der Waals surface area contributed by atoms with E-state index in [1.165, 1.54) is 9.80 Å². The molecule has 0 unspecified atom stereocenters. The second-order valence-electron chi connectivity index (χ2n) is 21.1. The van der Waals surface area contributed by atoms with Crippen molar-refractivity contribution >= 4 is 52.4 Å². The number of nitrogens with zero attached hydrogens (tertiary/aromatic N) is 5. The van der Waals surface area contributed by atoms with Crippen LogP contribution in [0.15, 0.2) is 41.4 Å². The average Bonchev–Trinajstić information content (AvgIpc) is 3.89. The van der Waals surface area contributed by atoms with Crippen molar-refractivity contribution in [2.75, 3.05) is 27.3 Å².